The summed E-state index contributed by atoms with van der Waals surface area (Å²) in [6, 6.07) is 29.6. The van der Waals surface area contributed by atoms with E-state index in [4.69, 9.17) is 24.2 Å². The Morgan fingerprint density at radius 3 is 1.85 bits per heavy atom. The molecule has 0 saturated heterocycles. The number of benzene rings is 4. The number of esters is 1. The molecule has 5 rings (SSSR count). The molecule has 8 heteroatoms. The monoisotopic (exact) mass is 533 g/mol. The van der Waals surface area contributed by atoms with Crippen LogP contribution in [-0.2, 0) is 16.1 Å². The molecular formula is C32H27N3O5. The molecule has 0 bridgehead atoms. The average molecular weight is 534 g/mol. The van der Waals surface area contributed by atoms with Crippen molar-refractivity contribution in [2.45, 2.75) is 6.54 Å². The lowest BCUT2D eigenvalue weighted by Crippen LogP contribution is -2.28. The van der Waals surface area contributed by atoms with Gasteiger partial charge in [-0.3, -0.25) is 4.79 Å². The third-order valence-electron chi connectivity index (χ3n) is 6.29. The van der Waals surface area contributed by atoms with E-state index in [0.29, 0.717) is 29.0 Å². The first-order valence-corrected chi connectivity index (χ1v) is 12.6. The fourth-order valence-corrected chi connectivity index (χ4v) is 4.14. The van der Waals surface area contributed by atoms with Crippen LogP contribution in [0.2, 0.25) is 0 Å². The van der Waals surface area contributed by atoms with Crippen molar-refractivity contribution in [2.75, 3.05) is 20.8 Å². The van der Waals surface area contributed by atoms with Gasteiger partial charge in [0.1, 0.15) is 11.5 Å². The second-order valence-electron chi connectivity index (χ2n) is 8.92. The van der Waals surface area contributed by atoms with Crippen LogP contribution in [0.25, 0.3) is 33.5 Å². The number of nitrogens with zero attached hydrogens (tertiary/aromatic N) is 2. The first-order valence-electron chi connectivity index (χ1n) is 12.6. The molecule has 0 radical (unpaired) electrons. The van der Waals surface area contributed by atoms with E-state index in [1.54, 1.807) is 32.4 Å². The Morgan fingerprint density at radius 1 is 0.700 bits per heavy atom. The van der Waals surface area contributed by atoms with E-state index < -0.39 is 5.97 Å². The number of fused-ring (bicyclic) bond motifs is 1. The van der Waals surface area contributed by atoms with Gasteiger partial charge in [0.15, 0.2) is 6.61 Å². The van der Waals surface area contributed by atoms with Gasteiger partial charge in [-0.1, -0.05) is 30.3 Å². The Balaban J connectivity index is 1.40. The molecule has 4 aromatic carbocycles. The van der Waals surface area contributed by atoms with Crippen LogP contribution in [-0.4, -0.2) is 42.7 Å². The van der Waals surface area contributed by atoms with Crippen molar-refractivity contribution in [2.24, 2.45) is 0 Å². The molecule has 5 aromatic rings. The standard InChI is InChI=1S/C32H27N3O5/c1-38-25-13-8-22(9-14-25)30-31(23-10-15-26(39-2)16-11-23)35-28-18-24(12-17-27(28)34-30)32(37)40-20-29(36)33-19-21-6-4-3-5-7-21/h3-18H,19-20H2,1-2H3,(H,33,36). The summed E-state index contributed by atoms with van der Waals surface area (Å²) in [5, 5.41) is 2.74. The smallest absolute Gasteiger partial charge is 0.338 e. The van der Waals surface area contributed by atoms with E-state index in [9.17, 15) is 9.59 Å². The third-order valence-corrected chi connectivity index (χ3v) is 6.29. The molecule has 1 heterocycles. The minimum absolute atomic E-state index is 0.274. The van der Waals surface area contributed by atoms with Crippen LogP contribution in [0, 0.1) is 0 Å². The maximum Gasteiger partial charge on any atom is 0.338 e. The summed E-state index contributed by atoms with van der Waals surface area (Å²) in [6.45, 7) is -0.0314. The normalized spacial score (nSPS) is 10.7. The van der Waals surface area contributed by atoms with E-state index in [1.807, 2.05) is 78.9 Å². The highest BCUT2D eigenvalue weighted by atomic mass is 16.5. The molecular weight excluding hydrogens is 506 g/mol. The molecule has 0 aliphatic carbocycles. The topological polar surface area (TPSA) is 99.6 Å². The number of methoxy groups -OCH3 is 2. The highest BCUT2D eigenvalue weighted by Crippen LogP contribution is 2.33. The Labute approximate surface area is 231 Å². The van der Waals surface area contributed by atoms with Crippen molar-refractivity contribution < 1.29 is 23.8 Å². The van der Waals surface area contributed by atoms with Crippen molar-refractivity contribution >= 4 is 22.9 Å². The molecule has 1 amide bonds. The summed E-state index contributed by atoms with van der Waals surface area (Å²) in [7, 11) is 3.23. The number of hydrogen-bond donors (Lipinski definition) is 1. The molecule has 0 unspecified atom stereocenters. The fourth-order valence-electron chi connectivity index (χ4n) is 4.14. The van der Waals surface area contributed by atoms with Crippen LogP contribution >= 0.6 is 0 Å². The zero-order valence-corrected chi connectivity index (χ0v) is 22.1. The van der Waals surface area contributed by atoms with Crippen LogP contribution in [0.3, 0.4) is 0 Å². The van der Waals surface area contributed by atoms with Crippen molar-refractivity contribution in [3.63, 3.8) is 0 Å². The van der Waals surface area contributed by atoms with Crippen LogP contribution in [0.15, 0.2) is 97.1 Å². The SMILES string of the molecule is COc1ccc(-c2nc3ccc(C(=O)OCC(=O)NCc4ccccc4)cc3nc2-c2ccc(OC)cc2)cc1. The van der Waals surface area contributed by atoms with Crippen molar-refractivity contribution in [1.82, 2.24) is 15.3 Å². The number of nitrogens with one attached hydrogen (secondary N) is 1. The van der Waals surface area contributed by atoms with Crippen LogP contribution in [0.5, 0.6) is 11.5 Å². The van der Waals surface area contributed by atoms with E-state index >= 15 is 0 Å². The first kappa shape index (κ1) is 26.4. The van der Waals surface area contributed by atoms with Gasteiger partial charge in [0.05, 0.1) is 42.2 Å². The van der Waals surface area contributed by atoms with Gasteiger partial charge in [-0.05, 0) is 72.3 Å². The molecule has 0 spiro atoms. The second kappa shape index (κ2) is 12.1. The van der Waals surface area contributed by atoms with Crippen molar-refractivity contribution in [3.8, 4) is 34.0 Å². The lowest BCUT2D eigenvalue weighted by molar-refractivity contribution is -0.124. The predicted molar refractivity (Wildman–Crippen MR) is 152 cm³/mol. The molecule has 8 nitrogen and oxygen atoms in total. The molecule has 0 aliphatic rings. The summed E-state index contributed by atoms with van der Waals surface area (Å²) >= 11 is 0. The van der Waals surface area contributed by atoms with Gasteiger partial charge in [0.25, 0.3) is 5.91 Å². The quantitative estimate of drug-likeness (QED) is 0.251. The molecule has 0 atom stereocenters. The number of ether oxygens (including phenoxy) is 3. The minimum Gasteiger partial charge on any atom is -0.497 e. The predicted octanol–water partition coefficient (Wildman–Crippen LogP) is 5.45. The summed E-state index contributed by atoms with van der Waals surface area (Å²) in [6.07, 6.45) is 0. The highest BCUT2D eigenvalue weighted by Gasteiger charge is 2.16. The van der Waals surface area contributed by atoms with Crippen LogP contribution in [0.1, 0.15) is 15.9 Å². The van der Waals surface area contributed by atoms with Gasteiger partial charge in [0, 0.05) is 17.7 Å². The highest BCUT2D eigenvalue weighted by molar-refractivity contribution is 5.96. The van der Waals surface area contributed by atoms with Gasteiger partial charge in [-0.2, -0.15) is 0 Å². The number of rotatable bonds is 9. The minimum atomic E-state index is -0.621. The van der Waals surface area contributed by atoms with E-state index in [-0.39, 0.29) is 18.1 Å². The van der Waals surface area contributed by atoms with Gasteiger partial charge in [-0.15, -0.1) is 0 Å². The average Bonchev–Trinajstić information content (AvgIpc) is 3.02. The number of amides is 1. The van der Waals surface area contributed by atoms with Crippen molar-refractivity contribution in [3.05, 3.63) is 108 Å². The molecule has 40 heavy (non-hydrogen) atoms. The maximum absolute atomic E-state index is 12.8. The number of carbonyl (C=O) groups is 2. The molecule has 0 aliphatic heterocycles. The van der Waals surface area contributed by atoms with E-state index in [1.165, 1.54) is 0 Å². The molecule has 200 valence electrons. The summed E-state index contributed by atoms with van der Waals surface area (Å²) < 4.78 is 15.9. The summed E-state index contributed by atoms with van der Waals surface area (Å²) in [5.41, 5.74) is 5.39. The largest absolute Gasteiger partial charge is 0.497 e. The van der Waals surface area contributed by atoms with E-state index in [2.05, 4.69) is 5.32 Å². The number of hydrogen-bond acceptors (Lipinski definition) is 7. The first-order chi connectivity index (χ1) is 19.5. The summed E-state index contributed by atoms with van der Waals surface area (Å²) in [4.78, 5) is 34.8. The molecule has 0 fully saturated rings. The summed E-state index contributed by atoms with van der Waals surface area (Å²) in [5.74, 6) is 0.453. The van der Waals surface area contributed by atoms with Gasteiger partial charge in [0.2, 0.25) is 0 Å². The van der Waals surface area contributed by atoms with Crippen LogP contribution < -0.4 is 14.8 Å². The Bertz CT molecular complexity index is 1640. The number of aromatic nitrogens is 2. The molecule has 1 aromatic heterocycles. The zero-order valence-electron chi connectivity index (χ0n) is 22.1. The number of carbonyl (C=O) groups excluding carboxylic acids is 2. The van der Waals surface area contributed by atoms with Gasteiger partial charge >= 0.3 is 5.97 Å². The molecule has 1 N–H and O–H groups in total. The zero-order chi connectivity index (χ0) is 27.9. The van der Waals surface area contributed by atoms with Gasteiger partial charge < -0.3 is 19.5 Å². The second-order valence-corrected chi connectivity index (χ2v) is 8.92. The van der Waals surface area contributed by atoms with Gasteiger partial charge in [-0.25, -0.2) is 14.8 Å². The fraction of sp³-hybridized carbons (Fsp3) is 0.125. The Hall–Kier alpha value is -5.24. The lowest BCUT2D eigenvalue weighted by Gasteiger charge is -2.12. The Morgan fingerprint density at radius 2 is 1.27 bits per heavy atom. The maximum atomic E-state index is 12.8. The third kappa shape index (κ3) is 6.07. The van der Waals surface area contributed by atoms with Crippen LogP contribution in [0.4, 0.5) is 0 Å². The Kier molecular flexibility index (Phi) is 7.97. The van der Waals surface area contributed by atoms with Crippen molar-refractivity contribution in [1.29, 1.82) is 0 Å². The molecule has 0 saturated carbocycles. The van der Waals surface area contributed by atoms with E-state index in [0.717, 1.165) is 28.2 Å². The lowest BCUT2D eigenvalue weighted by atomic mass is 10.0.